The molecule has 0 spiro atoms. The van der Waals surface area contributed by atoms with E-state index in [9.17, 15) is 33.2 Å². The van der Waals surface area contributed by atoms with E-state index in [1.807, 2.05) is 89.4 Å². The number of likely N-dealkylation sites (tertiary alicyclic amines) is 2. The summed E-state index contributed by atoms with van der Waals surface area (Å²) in [5, 5.41) is 5.30. The molecule has 2 fully saturated rings. The number of nitrogens with one attached hydrogen (secondary N) is 2. The predicted molar refractivity (Wildman–Crippen MR) is 243 cm³/mol. The Bertz CT molecular complexity index is 2350. The molecule has 3 aromatic carbocycles. The number of methoxy groups -OCH3 is 2. The molecule has 65 heavy (non-hydrogen) atoms. The second-order valence-electron chi connectivity index (χ2n) is 19.0. The molecule has 16 heteroatoms. The molecule has 6 N–H and O–H groups in total. The standard InChI is InChI=1S/C49H60FN7O8/c1-29-28-34(50)20-21-35(29)57-36(30-12-16-32(17-13-30)48(42(51)60)24-10-26-55(48)40(58)38(46(2,3)4)53-44(62)64-8)22-23-37(57)31-14-18-33(19-15-31)49(43(52)61)25-11-27-56(49)41(59)39(47(5,6)7)54-45(63)65-9/h12-23,28,38-39H,10-11,24-27H2,1-9H3,(H2,51,60)(H2,52,61)(H,53,62)(H,54,63)/t38-,39-,48+,49+/m1/s1. The lowest BCUT2D eigenvalue weighted by atomic mass is 9.82. The molecular weight excluding hydrogens is 834 g/mol. The number of aryl methyl sites for hydroxylation is 1. The summed E-state index contributed by atoms with van der Waals surface area (Å²) in [4.78, 5) is 83.3. The lowest BCUT2D eigenvalue weighted by Crippen LogP contribution is -2.61. The van der Waals surface area contributed by atoms with Crippen molar-refractivity contribution in [3.05, 3.63) is 101 Å². The molecule has 0 aliphatic carbocycles. The van der Waals surface area contributed by atoms with Crippen LogP contribution in [0.25, 0.3) is 28.2 Å². The Labute approximate surface area is 379 Å². The van der Waals surface area contributed by atoms with Crippen molar-refractivity contribution in [2.45, 2.75) is 97.3 Å². The highest BCUT2D eigenvalue weighted by atomic mass is 19.1. The number of carbonyl (C=O) groups excluding carboxylic acids is 6. The maximum Gasteiger partial charge on any atom is 0.407 e. The van der Waals surface area contributed by atoms with Gasteiger partial charge in [0.15, 0.2) is 0 Å². The number of amides is 6. The number of carbonyl (C=O) groups is 6. The maximum atomic E-state index is 14.6. The van der Waals surface area contributed by atoms with E-state index in [1.165, 1.54) is 36.2 Å². The first-order valence-corrected chi connectivity index (χ1v) is 21.6. The minimum Gasteiger partial charge on any atom is -0.453 e. The molecule has 4 aromatic rings. The molecule has 6 amide bonds. The molecule has 0 bridgehead atoms. The van der Waals surface area contributed by atoms with Crippen molar-refractivity contribution < 1.29 is 42.6 Å². The second kappa shape index (κ2) is 18.0. The number of rotatable bonds is 11. The van der Waals surface area contributed by atoms with Gasteiger partial charge in [-0.25, -0.2) is 14.0 Å². The van der Waals surface area contributed by atoms with Gasteiger partial charge >= 0.3 is 12.2 Å². The van der Waals surface area contributed by atoms with Crippen LogP contribution >= 0.6 is 0 Å². The average molecular weight is 894 g/mol. The van der Waals surface area contributed by atoms with Crippen molar-refractivity contribution in [1.29, 1.82) is 0 Å². The number of alkyl carbamates (subject to hydrolysis) is 2. The minimum absolute atomic E-state index is 0.243. The van der Waals surface area contributed by atoms with Crippen molar-refractivity contribution >= 4 is 35.8 Å². The Morgan fingerprint density at radius 1 is 0.631 bits per heavy atom. The number of hydrogen-bond acceptors (Lipinski definition) is 8. The van der Waals surface area contributed by atoms with Crippen LogP contribution in [0.5, 0.6) is 0 Å². The molecule has 346 valence electrons. The molecule has 15 nitrogen and oxygen atoms in total. The van der Waals surface area contributed by atoms with Crippen LogP contribution < -0.4 is 22.1 Å². The summed E-state index contributed by atoms with van der Waals surface area (Å²) in [5.74, 6) is -2.72. The van der Waals surface area contributed by atoms with Crippen LogP contribution in [0.2, 0.25) is 0 Å². The molecule has 2 saturated heterocycles. The van der Waals surface area contributed by atoms with E-state index in [0.717, 1.165) is 22.5 Å². The number of halogens is 1. The molecule has 3 heterocycles. The van der Waals surface area contributed by atoms with Crippen LogP contribution in [0.4, 0.5) is 14.0 Å². The van der Waals surface area contributed by atoms with Crippen LogP contribution in [-0.2, 0) is 39.7 Å². The van der Waals surface area contributed by atoms with Crippen LogP contribution in [-0.4, -0.2) is 89.6 Å². The van der Waals surface area contributed by atoms with Gasteiger partial charge in [-0.15, -0.1) is 0 Å². The number of ether oxygens (including phenoxy) is 2. The monoisotopic (exact) mass is 893 g/mol. The number of aromatic nitrogens is 1. The summed E-state index contributed by atoms with van der Waals surface area (Å²) in [6.07, 6.45) is 0.00244. The van der Waals surface area contributed by atoms with Crippen molar-refractivity contribution in [2.24, 2.45) is 22.3 Å². The third kappa shape index (κ3) is 8.77. The summed E-state index contributed by atoms with van der Waals surface area (Å²) >= 11 is 0. The molecule has 0 unspecified atom stereocenters. The van der Waals surface area contributed by atoms with Crippen molar-refractivity contribution in [1.82, 2.24) is 25.0 Å². The third-order valence-electron chi connectivity index (χ3n) is 12.8. The summed E-state index contributed by atoms with van der Waals surface area (Å²) in [6.45, 7) is 13.1. The zero-order valence-electron chi connectivity index (χ0n) is 38.5. The first-order valence-electron chi connectivity index (χ1n) is 21.6. The fourth-order valence-electron chi connectivity index (χ4n) is 9.44. The Morgan fingerprint density at radius 2 is 1.02 bits per heavy atom. The fraction of sp³-hybridized carbons (Fsp3) is 0.429. The van der Waals surface area contributed by atoms with Gasteiger partial charge in [-0.3, -0.25) is 19.2 Å². The molecular formula is C49H60FN7O8. The topological polar surface area (TPSA) is 208 Å². The van der Waals surface area contributed by atoms with Gasteiger partial charge in [-0.2, -0.15) is 0 Å². The zero-order chi connectivity index (χ0) is 47.8. The average Bonchev–Trinajstić information content (AvgIpc) is 4.02. The second-order valence-corrected chi connectivity index (χ2v) is 19.0. The molecule has 2 aliphatic rings. The van der Waals surface area contributed by atoms with E-state index in [2.05, 4.69) is 10.6 Å². The number of nitrogens with two attached hydrogens (primary N) is 2. The highest BCUT2D eigenvalue weighted by molar-refractivity contribution is 5.96. The van der Waals surface area contributed by atoms with E-state index < -0.39 is 75.6 Å². The predicted octanol–water partition coefficient (Wildman–Crippen LogP) is 6.41. The molecule has 4 atom stereocenters. The summed E-state index contributed by atoms with van der Waals surface area (Å²) in [7, 11) is 2.43. The van der Waals surface area contributed by atoms with Crippen LogP contribution in [0.1, 0.15) is 83.9 Å². The summed E-state index contributed by atoms with van der Waals surface area (Å²) in [5.41, 5.74) is 13.2. The quantitative estimate of drug-likeness (QED) is 0.132. The van der Waals surface area contributed by atoms with Gasteiger partial charge in [0.05, 0.1) is 25.6 Å². The Hall–Kier alpha value is -6.71. The van der Waals surface area contributed by atoms with Gasteiger partial charge in [0.25, 0.3) is 0 Å². The number of hydrogen-bond donors (Lipinski definition) is 4. The van der Waals surface area contributed by atoms with Crippen LogP contribution in [0.15, 0.2) is 78.9 Å². The van der Waals surface area contributed by atoms with Crippen LogP contribution in [0.3, 0.4) is 0 Å². The summed E-state index contributed by atoms with van der Waals surface area (Å²) < 4.78 is 26.2. The molecule has 0 radical (unpaired) electrons. The van der Waals surface area contributed by atoms with Gasteiger partial charge in [0, 0.05) is 18.8 Å². The van der Waals surface area contributed by atoms with Crippen LogP contribution in [0, 0.1) is 23.6 Å². The SMILES string of the molecule is COC(=O)N[C@H](C(=O)N1CCC[C@@]1(C(N)=O)c1ccc(-c2ccc(-c3ccc([C@]4(C(N)=O)CCCN4C(=O)[C@@H](NC(=O)OC)C(C)(C)C)cc3)n2-c2ccc(F)cc2C)cc1)C(C)(C)C. The first-order chi connectivity index (χ1) is 30.5. The first kappa shape index (κ1) is 47.8. The lowest BCUT2D eigenvalue weighted by Gasteiger charge is -2.41. The summed E-state index contributed by atoms with van der Waals surface area (Å²) in [6, 6.07) is 20.8. The smallest absolute Gasteiger partial charge is 0.407 e. The van der Waals surface area contributed by atoms with E-state index in [0.29, 0.717) is 35.2 Å². The minimum atomic E-state index is -1.49. The van der Waals surface area contributed by atoms with E-state index in [4.69, 9.17) is 20.9 Å². The zero-order valence-corrected chi connectivity index (χ0v) is 38.5. The Balaban J connectivity index is 1.41. The maximum absolute atomic E-state index is 14.6. The van der Waals surface area contributed by atoms with E-state index in [-0.39, 0.29) is 25.9 Å². The molecule has 0 saturated carbocycles. The number of nitrogens with zero attached hydrogens (tertiary/aromatic N) is 3. The third-order valence-corrected chi connectivity index (χ3v) is 12.8. The van der Waals surface area contributed by atoms with Gasteiger partial charge in [0.1, 0.15) is 29.0 Å². The van der Waals surface area contributed by atoms with Gasteiger partial charge in [0.2, 0.25) is 23.6 Å². The van der Waals surface area contributed by atoms with E-state index >= 15 is 0 Å². The largest absolute Gasteiger partial charge is 0.453 e. The van der Waals surface area contributed by atoms with Crippen molar-refractivity contribution in [3.8, 4) is 28.2 Å². The van der Waals surface area contributed by atoms with Gasteiger partial charge in [-0.1, -0.05) is 90.1 Å². The fourth-order valence-corrected chi connectivity index (χ4v) is 9.44. The lowest BCUT2D eigenvalue weighted by molar-refractivity contribution is -0.147. The Kier molecular flexibility index (Phi) is 13.3. The highest BCUT2D eigenvalue weighted by Crippen LogP contribution is 2.44. The normalized spacial score (nSPS) is 19.6. The van der Waals surface area contributed by atoms with Gasteiger partial charge < -0.3 is 45.9 Å². The highest BCUT2D eigenvalue weighted by Gasteiger charge is 2.54. The molecule has 6 rings (SSSR count). The van der Waals surface area contributed by atoms with Crippen molar-refractivity contribution in [2.75, 3.05) is 27.3 Å². The number of primary amides is 2. The molecule has 2 aliphatic heterocycles. The number of benzene rings is 3. The molecule has 1 aromatic heterocycles. The van der Waals surface area contributed by atoms with Gasteiger partial charge in [-0.05, 0) is 102 Å². The Morgan fingerprint density at radius 3 is 1.34 bits per heavy atom. The van der Waals surface area contributed by atoms with Crippen molar-refractivity contribution in [3.63, 3.8) is 0 Å². The van der Waals surface area contributed by atoms with E-state index in [1.54, 1.807) is 30.3 Å².